The number of fused-ring (bicyclic) bond motifs is 1. The maximum atomic E-state index is 13.1. The van der Waals surface area contributed by atoms with Crippen LogP contribution in [0.3, 0.4) is 0 Å². The summed E-state index contributed by atoms with van der Waals surface area (Å²) in [5, 5.41) is 2.53. The number of rotatable bonds is 7. The normalized spacial score (nSPS) is 18.2. The first-order chi connectivity index (χ1) is 20.9. The second-order valence-corrected chi connectivity index (χ2v) is 12.2. The Labute approximate surface area is 262 Å². The predicted molar refractivity (Wildman–Crippen MR) is 163 cm³/mol. The molecular weight excluding hydrogens is 634 g/mol. The number of aromatic nitrogens is 4. The Morgan fingerprint density at radius 3 is 2.20 bits per heavy atom. The van der Waals surface area contributed by atoms with Crippen LogP contribution in [0.5, 0.6) is 0 Å². The molecule has 1 aliphatic rings. The zero-order chi connectivity index (χ0) is 31.6. The predicted octanol–water partition coefficient (Wildman–Crippen LogP) is 5.92. The number of carbonyl (C=O) groups excluding carboxylic acids is 3. The van der Waals surface area contributed by atoms with Gasteiger partial charge in [-0.05, 0) is 74.8 Å². The van der Waals surface area contributed by atoms with Gasteiger partial charge in [0.1, 0.15) is 40.8 Å². The Balaban J connectivity index is 1.38. The van der Waals surface area contributed by atoms with Gasteiger partial charge in [0, 0.05) is 6.42 Å². The number of halogens is 1. The summed E-state index contributed by atoms with van der Waals surface area (Å²) in [5.41, 5.74) is 2.86. The van der Waals surface area contributed by atoms with Crippen molar-refractivity contribution in [3.05, 3.63) is 81.7 Å². The van der Waals surface area contributed by atoms with Crippen molar-refractivity contribution in [2.75, 3.05) is 11.9 Å². The number of amides is 1. The number of esters is 2. The number of imidazole rings is 1. The van der Waals surface area contributed by atoms with Gasteiger partial charge in [-0.2, -0.15) is 4.98 Å². The van der Waals surface area contributed by atoms with Crippen molar-refractivity contribution in [1.82, 2.24) is 19.5 Å². The summed E-state index contributed by atoms with van der Waals surface area (Å²) in [6, 6.07) is 14.0. The van der Waals surface area contributed by atoms with E-state index in [2.05, 4.69) is 36.2 Å². The van der Waals surface area contributed by atoms with Crippen LogP contribution in [0.1, 0.15) is 65.3 Å². The molecule has 2 aromatic carbocycles. The lowest BCUT2D eigenvalue weighted by Crippen LogP contribution is -2.32. The molecule has 0 radical (unpaired) electrons. The maximum absolute atomic E-state index is 13.1. The summed E-state index contributed by atoms with van der Waals surface area (Å²) in [6.45, 7) is 8.93. The van der Waals surface area contributed by atoms with Crippen LogP contribution in [0.4, 0.5) is 10.7 Å². The highest BCUT2D eigenvalue weighted by molar-refractivity contribution is 9.10. The van der Waals surface area contributed by atoms with Gasteiger partial charge in [0.15, 0.2) is 5.65 Å². The minimum atomic E-state index is -0.786. The fourth-order valence-electron chi connectivity index (χ4n) is 4.51. The molecule has 1 N–H and O–H groups in total. The third-order valence-corrected chi connectivity index (χ3v) is 7.25. The van der Waals surface area contributed by atoms with Crippen LogP contribution in [0, 0.1) is 13.8 Å². The number of aryl methyl sites for hydroxylation is 2. The zero-order valence-corrected chi connectivity index (χ0v) is 26.5. The topological polar surface area (TPSA) is 144 Å². The van der Waals surface area contributed by atoms with Crippen LogP contribution >= 0.6 is 15.9 Å². The lowest BCUT2D eigenvalue weighted by atomic mass is 10.1. The Morgan fingerprint density at radius 1 is 0.977 bits per heavy atom. The van der Waals surface area contributed by atoms with Gasteiger partial charge in [-0.15, -0.1) is 0 Å². The highest BCUT2D eigenvalue weighted by atomic mass is 79.9. The monoisotopic (exact) mass is 665 g/mol. The van der Waals surface area contributed by atoms with Crippen LogP contribution in [-0.2, 0) is 18.9 Å². The lowest BCUT2D eigenvalue weighted by molar-refractivity contribution is -0.0563. The molecule has 230 valence electrons. The summed E-state index contributed by atoms with van der Waals surface area (Å²) in [4.78, 5) is 51.3. The Kier molecular flexibility index (Phi) is 8.97. The van der Waals surface area contributed by atoms with Crippen molar-refractivity contribution in [2.45, 2.75) is 65.1 Å². The fraction of sp³-hybridized carbons (Fsp3) is 0.355. The van der Waals surface area contributed by atoms with Gasteiger partial charge >= 0.3 is 18.0 Å². The highest BCUT2D eigenvalue weighted by Gasteiger charge is 2.41. The van der Waals surface area contributed by atoms with Gasteiger partial charge < -0.3 is 18.9 Å². The first-order valence-electron chi connectivity index (χ1n) is 13.9. The number of carbonyl (C=O) groups is 3. The minimum absolute atomic E-state index is 0.00991. The summed E-state index contributed by atoms with van der Waals surface area (Å²) in [6.07, 6.45) is -1.23. The molecule has 1 amide bonds. The van der Waals surface area contributed by atoms with E-state index in [-0.39, 0.29) is 19.0 Å². The summed E-state index contributed by atoms with van der Waals surface area (Å²) >= 11 is 3.39. The molecule has 1 fully saturated rings. The molecule has 3 atom stereocenters. The van der Waals surface area contributed by atoms with Crippen LogP contribution in [-0.4, -0.2) is 62.0 Å². The van der Waals surface area contributed by atoms with Crippen molar-refractivity contribution in [2.24, 2.45) is 0 Å². The number of benzene rings is 2. The van der Waals surface area contributed by atoms with E-state index in [9.17, 15) is 14.4 Å². The van der Waals surface area contributed by atoms with Crippen LogP contribution < -0.4 is 5.32 Å². The van der Waals surface area contributed by atoms with Crippen molar-refractivity contribution >= 4 is 51.1 Å². The van der Waals surface area contributed by atoms with Crippen LogP contribution in [0.25, 0.3) is 11.2 Å². The number of ether oxygens (including phenoxy) is 4. The summed E-state index contributed by atoms with van der Waals surface area (Å²) in [5.74, 6) is -1.06. The van der Waals surface area contributed by atoms with Crippen molar-refractivity contribution in [3.63, 3.8) is 0 Å². The van der Waals surface area contributed by atoms with E-state index in [4.69, 9.17) is 18.9 Å². The molecule has 0 aliphatic carbocycles. The molecule has 3 heterocycles. The first-order valence-corrected chi connectivity index (χ1v) is 14.7. The molecule has 4 aromatic rings. The number of hydrogen-bond donors (Lipinski definition) is 1. The van der Waals surface area contributed by atoms with E-state index >= 15 is 0 Å². The molecule has 2 aromatic heterocycles. The van der Waals surface area contributed by atoms with E-state index in [1.54, 1.807) is 49.6 Å². The highest BCUT2D eigenvalue weighted by Crippen LogP contribution is 2.35. The Morgan fingerprint density at radius 2 is 1.59 bits per heavy atom. The second kappa shape index (κ2) is 12.7. The molecule has 0 bridgehead atoms. The van der Waals surface area contributed by atoms with Gasteiger partial charge in [-0.3, -0.25) is 9.88 Å². The average Bonchev–Trinajstić information content (AvgIpc) is 3.55. The van der Waals surface area contributed by atoms with E-state index in [1.165, 1.54) is 6.33 Å². The Bertz CT molecular complexity index is 1680. The SMILES string of the molecule is Cc1ccc(C(=O)OC[C@H]2O[C@@H](n3cnc4c(Br)nc(NC(=O)OC(C)(C)C)nc43)C[C@@H]2OC(=O)c2ccc(C)cc2)cc1. The first kappa shape index (κ1) is 31.1. The van der Waals surface area contributed by atoms with Gasteiger partial charge in [-0.1, -0.05) is 35.4 Å². The van der Waals surface area contributed by atoms with E-state index in [0.29, 0.717) is 26.9 Å². The smallest absolute Gasteiger partial charge is 0.414 e. The van der Waals surface area contributed by atoms with E-state index in [1.807, 2.05) is 38.1 Å². The molecule has 5 rings (SSSR count). The van der Waals surface area contributed by atoms with Gasteiger partial charge in [0.05, 0.1) is 17.5 Å². The van der Waals surface area contributed by atoms with Crippen molar-refractivity contribution in [3.8, 4) is 0 Å². The number of anilines is 1. The zero-order valence-electron chi connectivity index (χ0n) is 24.9. The van der Waals surface area contributed by atoms with Crippen LogP contribution in [0.15, 0.2) is 59.5 Å². The van der Waals surface area contributed by atoms with Crippen LogP contribution in [0.2, 0.25) is 0 Å². The third-order valence-electron chi connectivity index (χ3n) is 6.69. The molecule has 13 heteroatoms. The lowest BCUT2D eigenvalue weighted by Gasteiger charge is -2.19. The Hall–Kier alpha value is -4.36. The van der Waals surface area contributed by atoms with Crippen molar-refractivity contribution < 1.29 is 33.3 Å². The molecule has 1 saturated heterocycles. The largest absolute Gasteiger partial charge is 0.459 e. The third kappa shape index (κ3) is 7.40. The quantitative estimate of drug-likeness (QED) is 0.143. The number of hydrogen-bond acceptors (Lipinski definition) is 10. The molecule has 0 spiro atoms. The number of nitrogens with zero attached hydrogens (tertiary/aromatic N) is 4. The molecule has 0 unspecified atom stereocenters. The van der Waals surface area contributed by atoms with E-state index in [0.717, 1.165) is 11.1 Å². The molecule has 12 nitrogen and oxygen atoms in total. The van der Waals surface area contributed by atoms with Crippen molar-refractivity contribution in [1.29, 1.82) is 0 Å². The molecule has 44 heavy (non-hydrogen) atoms. The van der Waals surface area contributed by atoms with Gasteiger partial charge in [0.25, 0.3) is 0 Å². The standard InChI is InChI=1S/C31H32BrN5O7/c1-17-6-10-19(11-7-17)27(38)41-15-22-21(43-28(39)20-12-8-18(2)9-13-20)14-23(42-22)37-16-33-24-25(32)34-29(35-26(24)37)36-30(40)44-31(3,4)5/h6-13,16,21-23H,14-15H2,1-5H3,(H,34,35,36,40)/t21-,22+,23+/m0/s1. The molecular formula is C31H32BrN5O7. The minimum Gasteiger partial charge on any atom is -0.459 e. The summed E-state index contributed by atoms with van der Waals surface area (Å²) in [7, 11) is 0. The van der Waals surface area contributed by atoms with Gasteiger partial charge in [-0.25, -0.2) is 24.4 Å². The number of nitrogens with one attached hydrogen (secondary N) is 1. The summed E-state index contributed by atoms with van der Waals surface area (Å²) < 4.78 is 25.1. The fourth-order valence-corrected chi connectivity index (χ4v) is 4.96. The second-order valence-electron chi connectivity index (χ2n) is 11.4. The molecule has 0 saturated carbocycles. The van der Waals surface area contributed by atoms with E-state index < -0.39 is 42.1 Å². The maximum Gasteiger partial charge on any atom is 0.414 e. The van der Waals surface area contributed by atoms with Gasteiger partial charge in [0.2, 0.25) is 5.95 Å². The average molecular weight is 667 g/mol. The molecule has 1 aliphatic heterocycles.